The van der Waals surface area contributed by atoms with E-state index in [0.29, 0.717) is 11.4 Å². The number of anilines is 2. The Morgan fingerprint density at radius 1 is 1.56 bits per heavy atom. The third-order valence-electron chi connectivity index (χ3n) is 2.41. The molecule has 0 spiro atoms. The van der Waals surface area contributed by atoms with Crippen molar-refractivity contribution in [3.63, 3.8) is 0 Å². The van der Waals surface area contributed by atoms with Crippen LogP contribution in [0.4, 0.5) is 20.6 Å². The summed E-state index contributed by atoms with van der Waals surface area (Å²) in [5.74, 6) is 0. The third-order valence-corrected chi connectivity index (χ3v) is 2.41. The van der Waals surface area contributed by atoms with E-state index >= 15 is 0 Å². The molecule has 0 fully saturated rings. The lowest BCUT2D eigenvalue weighted by Crippen LogP contribution is -2.20. The van der Waals surface area contributed by atoms with Crippen LogP contribution in [-0.2, 0) is 5.41 Å². The smallest absolute Gasteiger partial charge is 0.409 e. The van der Waals surface area contributed by atoms with Gasteiger partial charge < -0.3 is 10.8 Å². The van der Waals surface area contributed by atoms with Crippen LogP contribution in [-0.4, -0.2) is 17.9 Å². The van der Waals surface area contributed by atoms with Gasteiger partial charge in [0.1, 0.15) is 0 Å². The standard InChI is InChI=1S/C11H15FN2O2/c1-11(2,6-12)7-3-4-9(8(13)5-7)14-10(15)16/h3-5,14H,6,13H2,1-2H3,(H,15,16). The van der Waals surface area contributed by atoms with E-state index in [-0.39, 0.29) is 0 Å². The average Bonchev–Trinajstić information content (AvgIpc) is 2.20. The molecule has 0 aliphatic rings. The number of halogens is 1. The fourth-order valence-electron chi connectivity index (χ4n) is 1.29. The van der Waals surface area contributed by atoms with E-state index in [9.17, 15) is 9.18 Å². The fourth-order valence-corrected chi connectivity index (χ4v) is 1.29. The molecular weight excluding hydrogens is 211 g/mol. The second-order valence-electron chi connectivity index (χ2n) is 4.25. The van der Waals surface area contributed by atoms with Crippen LogP contribution < -0.4 is 11.1 Å². The Balaban J connectivity index is 3.04. The second-order valence-corrected chi connectivity index (χ2v) is 4.25. The van der Waals surface area contributed by atoms with Gasteiger partial charge in [0.2, 0.25) is 0 Å². The summed E-state index contributed by atoms with van der Waals surface area (Å²) >= 11 is 0. The van der Waals surface area contributed by atoms with Crippen molar-refractivity contribution in [1.29, 1.82) is 0 Å². The molecule has 0 bridgehead atoms. The number of nitrogen functional groups attached to an aromatic ring is 1. The predicted octanol–water partition coefficient (Wildman–Crippen LogP) is 2.61. The van der Waals surface area contributed by atoms with E-state index in [1.165, 1.54) is 6.07 Å². The van der Waals surface area contributed by atoms with Gasteiger partial charge in [-0.15, -0.1) is 0 Å². The lowest BCUT2D eigenvalue weighted by molar-refractivity contribution is 0.210. The van der Waals surface area contributed by atoms with Crippen molar-refractivity contribution >= 4 is 17.5 Å². The zero-order valence-electron chi connectivity index (χ0n) is 9.25. The second kappa shape index (κ2) is 4.38. The van der Waals surface area contributed by atoms with Crippen molar-refractivity contribution in [3.8, 4) is 0 Å². The zero-order valence-corrected chi connectivity index (χ0v) is 9.25. The van der Waals surface area contributed by atoms with Gasteiger partial charge >= 0.3 is 6.09 Å². The molecular formula is C11H15FN2O2. The number of alkyl halides is 1. The molecule has 1 amide bonds. The van der Waals surface area contributed by atoms with Crippen molar-refractivity contribution in [3.05, 3.63) is 23.8 Å². The summed E-state index contributed by atoms with van der Waals surface area (Å²) in [7, 11) is 0. The number of carbonyl (C=O) groups is 1. The molecule has 1 aromatic carbocycles. The van der Waals surface area contributed by atoms with E-state index in [2.05, 4.69) is 5.32 Å². The van der Waals surface area contributed by atoms with Crippen LogP contribution in [0.3, 0.4) is 0 Å². The molecule has 0 unspecified atom stereocenters. The van der Waals surface area contributed by atoms with Gasteiger partial charge in [0.05, 0.1) is 18.0 Å². The van der Waals surface area contributed by atoms with Crippen molar-refractivity contribution in [1.82, 2.24) is 0 Å². The molecule has 4 nitrogen and oxygen atoms in total. The minimum atomic E-state index is -1.18. The van der Waals surface area contributed by atoms with E-state index in [1.54, 1.807) is 26.0 Å². The van der Waals surface area contributed by atoms with Crippen LogP contribution in [0.25, 0.3) is 0 Å². The third kappa shape index (κ3) is 2.62. The van der Waals surface area contributed by atoms with Crippen LogP contribution in [0.5, 0.6) is 0 Å². The minimum absolute atomic E-state index is 0.293. The molecule has 0 radical (unpaired) electrons. The molecule has 0 aliphatic carbocycles. The van der Waals surface area contributed by atoms with Crippen molar-refractivity contribution in [2.75, 3.05) is 17.7 Å². The van der Waals surface area contributed by atoms with Crippen molar-refractivity contribution < 1.29 is 14.3 Å². The summed E-state index contributed by atoms with van der Waals surface area (Å²) in [5.41, 5.74) is 6.40. The predicted molar refractivity (Wildman–Crippen MR) is 61.5 cm³/mol. The van der Waals surface area contributed by atoms with Crippen LogP contribution in [0, 0.1) is 0 Å². The number of hydrogen-bond acceptors (Lipinski definition) is 2. The molecule has 16 heavy (non-hydrogen) atoms. The monoisotopic (exact) mass is 226 g/mol. The van der Waals surface area contributed by atoms with E-state index in [1.807, 2.05) is 0 Å². The maximum atomic E-state index is 12.7. The molecule has 0 heterocycles. The normalized spacial score (nSPS) is 11.2. The molecule has 1 rings (SSSR count). The van der Waals surface area contributed by atoms with Crippen LogP contribution in [0.15, 0.2) is 18.2 Å². The van der Waals surface area contributed by atoms with E-state index in [0.717, 1.165) is 5.56 Å². The lowest BCUT2D eigenvalue weighted by Gasteiger charge is -2.22. The first kappa shape index (κ1) is 12.3. The summed E-state index contributed by atoms with van der Waals surface area (Å²) in [5, 5.41) is 10.7. The number of amides is 1. The highest BCUT2D eigenvalue weighted by atomic mass is 19.1. The Morgan fingerprint density at radius 2 is 2.19 bits per heavy atom. The Morgan fingerprint density at radius 3 is 2.62 bits per heavy atom. The van der Waals surface area contributed by atoms with Gasteiger partial charge in [0.25, 0.3) is 0 Å². The fraction of sp³-hybridized carbons (Fsp3) is 0.364. The van der Waals surface area contributed by atoms with Gasteiger partial charge in [-0.25, -0.2) is 4.79 Å². The molecule has 0 saturated heterocycles. The van der Waals surface area contributed by atoms with Gasteiger partial charge in [-0.3, -0.25) is 9.71 Å². The number of hydrogen-bond donors (Lipinski definition) is 3. The Hall–Kier alpha value is -1.78. The van der Waals surface area contributed by atoms with Crippen molar-refractivity contribution in [2.24, 2.45) is 0 Å². The minimum Gasteiger partial charge on any atom is -0.465 e. The topological polar surface area (TPSA) is 75.3 Å². The summed E-state index contributed by atoms with van der Waals surface area (Å²) in [4.78, 5) is 10.4. The van der Waals surface area contributed by atoms with E-state index in [4.69, 9.17) is 10.8 Å². The first-order chi connectivity index (χ1) is 7.36. The molecule has 1 aromatic rings. The summed E-state index contributed by atoms with van der Waals surface area (Å²) < 4.78 is 12.7. The highest BCUT2D eigenvalue weighted by Crippen LogP contribution is 2.29. The average molecular weight is 226 g/mol. The van der Waals surface area contributed by atoms with E-state index < -0.39 is 18.2 Å². The lowest BCUT2D eigenvalue weighted by atomic mass is 9.86. The highest BCUT2D eigenvalue weighted by Gasteiger charge is 2.21. The SMILES string of the molecule is CC(C)(CF)c1ccc(NC(=O)O)c(N)c1. The Kier molecular flexibility index (Phi) is 3.37. The number of nitrogens with one attached hydrogen (secondary N) is 1. The van der Waals surface area contributed by atoms with Crippen LogP contribution >= 0.6 is 0 Å². The number of rotatable bonds is 3. The largest absolute Gasteiger partial charge is 0.465 e. The first-order valence-corrected chi connectivity index (χ1v) is 4.83. The maximum Gasteiger partial charge on any atom is 0.409 e. The van der Waals surface area contributed by atoms with Gasteiger partial charge in [-0.05, 0) is 17.7 Å². The van der Waals surface area contributed by atoms with Crippen LogP contribution in [0.1, 0.15) is 19.4 Å². The Labute approximate surface area is 93.3 Å². The summed E-state index contributed by atoms with van der Waals surface area (Å²) in [6, 6.07) is 4.79. The highest BCUT2D eigenvalue weighted by molar-refractivity contribution is 5.87. The van der Waals surface area contributed by atoms with Crippen molar-refractivity contribution in [2.45, 2.75) is 19.3 Å². The Bertz CT molecular complexity index is 405. The zero-order chi connectivity index (χ0) is 12.3. The quantitative estimate of drug-likeness (QED) is 0.693. The first-order valence-electron chi connectivity index (χ1n) is 4.83. The number of nitrogens with two attached hydrogens (primary N) is 1. The molecule has 0 aliphatic heterocycles. The molecule has 4 N–H and O–H groups in total. The van der Waals surface area contributed by atoms with Gasteiger partial charge in [-0.1, -0.05) is 19.9 Å². The van der Waals surface area contributed by atoms with Gasteiger partial charge in [0.15, 0.2) is 0 Å². The molecule has 0 aromatic heterocycles. The summed E-state index contributed by atoms with van der Waals surface area (Å²) in [6.07, 6.45) is -1.18. The van der Waals surface area contributed by atoms with Gasteiger partial charge in [-0.2, -0.15) is 0 Å². The summed E-state index contributed by atoms with van der Waals surface area (Å²) in [6.45, 7) is 3.01. The molecule has 0 atom stereocenters. The van der Waals surface area contributed by atoms with Gasteiger partial charge in [0, 0.05) is 5.41 Å². The number of carboxylic acid groups (broad SMARTS) is 1. The van der Waals surface area contributed by atoms with Crippen LogP contribution in [0.2, 0.25) is 0 Å². The maximum absolute atomic E-state index is 12.7. The number of benzene rings is 1. The molecule has 0 saturated carbocycles. The molecule has 5 heteroatoms. The molecule has 88 valence electrons.